The molecule has 0 aliphatic rings. The molecule has 4 nitrogen and oxygen atoms in total. The monoisotopic (exact) mass is 256 g/mol. The largest absolute Gasteiger partial charge is 0.466 e. The first-order valence-electron chi connectivity index (χ1n) is 0.783. The smallest absolute Gasteiger partial charge is 0.303 e. The van der Waals surface area contributed by atoms with Gasteiger partial charge in [0.05, 0.1) is 0 Å². The van der Waals surface area contributed by atoms with Crippen molar-refractivity contribution in [3.05, 3.63) is 0 Å². The van der Waals surface area contributed by atoms with Gasteiger partial charge in [0.1, 0.15) is 0 Å². The van der Waals surface area contributed by atoms with Crippen LogP contribution in [0.25, 0.3) is 0 Å². The van der Waals surface area contributed by atoms with E-state index < -0.39 is 7.82 Å². The maximum Gasteiger partial charge on any atom is 0.466 e. The molecule has 44 valence electrons. The van der Waals surface area contributed by atoms with Crippen LogP contribution in [0.2, 0.25) is 0 Å². The average Bonchev–Trinajstić information content (AvgIpc) is 0.722. The molecule has 0 bridgehead atoms. The van der Waals surface area contributed by atoms with Gasteiger partial charge in [-0.15, -0.1) is 0 Å². The Morgan fingerprint density at radius 3 is 1.14 bits per heavy atom. The van der Waals surface area contributed by atoms with Gasteiger partial charge < -0.3 is 14.7 Å². The molecule has 0 amide bonds. The van der Waals surface area contributed by atoms with E-state index in [1.807, 2.05) is 0 Å². The van der Waals surface area contributed by atoms with Crippen LogP contribution in [0.5, 0.6) is 0 Å². The first-order chi connectivity index (χ1) is 2.00. The second-order valence-electron chi connectivity index (χ2n) is 0.513. The van der Waals surface area contributed by atoms with E-state index in [2.05, 4.69) is 0 Å². The third kappa shape index (κ3) is 104. The molecule has 0 aromatic rings. The zero-order valence-corrected chi connectivity index (χ0v) is 6.80. The standard InChI is InChI=1S/CH4.Nd.H3O4P/c;;1-5(2,3)4/h1H4;;(H3,1,2,3,4). The van der Waals surface area contributed by atoms with E-state index in [1.165, 1.54) is 0 Å². The third-order valence-corrected chi connectivity index (χ3v) is 0. The van der Waals surface area contributed by atoms with Crippen molar-refractivity contribution in [3.63, 3.8) is 0 Å². The SMILES string of the molecule is C.O=P(O)(O)O.[Nd]. The zero-order valence-electron chi connectivity index (χ0n) is 2.70. The summed E-state index contributed by atoms with van der Waals surface area (Å²) in [4.78, 5) is 21.6. The van der Waals surface area contributed by atoms with Crippen LogP contribution in [0.15, 0.2) is 0 Å². The van der Waals surface area contributed by atoms with Crippen LogP contribution in [0.3, 0.4) is 0 Å². The zero-order chi connectivity index (χ0) is 4.50. The van der Waals surface area contributed by atoms with E-state index in [9.17, 15) is 0 Å². The Labute approximate surface area is 74.7 Å². The van der Waals surface area contributed by atoms with Crippen LogP contribution in [-0.4, -0.2) is 14.7 Å². The van der Waals surface area contributed by atoms with Crippen molar-refractivity contribution in [2.75, 3.05) is 0 Å². The fourth-order valence-electron chi connectivity index (χ4n) is 0. The summed E-state index contributed by atoms with van der Waals surface area (Å²) in [5, 5.41) is 0. The molecule has 0 fully saturated rings. The van der Waals surface area contributed by atoms with Gasteiger partial charge in [0.15, 0.2) is 0 Å². The number of phosphoric acid groups is 1. The molecule has 0 aliphatic heterocycles. The molecule has 0 aliphatic carbocycles. The maximum absolute atomic E-state index is 8.88. The molecular weight excluding hydrogens is 251 g/mol. The number of rotatable bonds is 0. The Hall–Kier alpha value is 1.46. The van der Waals surface area contributed by atoms with Crippen molar-refractivity contribution >= 4 is 7.82 Å². The van der Waals surface area contributed by atoms with E-state index in [0.717, 1.165) is 0 Å². The molecule has 0 rings (SSSR count). The normalized spacial score (nSPS) is 8.43. The fourth-order valence-corrected chi connectivity index (χ4v) is 0. The van der Waals surface area contributed by atoms with Crippen molar-refractivity contribution in [1.82, 2.24) is 0 Å². The van der Waals surface area contributed by atoms with E-state index in [0.29, 0.717) is 0 Å². The van der Waals surface area contributed by atoms with Crippen molar-refractivity contribution in [1.29, 1.82) is 0 Å². The Morgan fingerprint density at radius 2 is 1.14 bits per heavy atom. The van der Waals surface area contributed by atoms with Gasteiger partial charge in [-0.2, -0.15) is 0 Å². The summed E-state index contributed by atoms with van der Waals surface area (Å²) in [6.07, 6.45) is 0. The first kappa shape index (κ1) is 15.8. The Kier molecular flexibility index (Phi) is 12.6. The summed E-state index contributed by atoms with van der Waals surface area (Å²) in [5.74, 6) is 0. The Morgan fingerprint density at radius 1 is 1.14 bits per heavy atom. The van der Waals surface area contributed by atoms with Crippen LogP contribution < -0.4 is 0 Å². The quantitative estimate of drug-likeness (QED) is 0.522. The number of hydrogen-bond acceptors (Lipinski definition) is 1. The van der Waals surface area contributed by atoms with Gasteiger partial charge in [0, 0.05) is 40.8 Å². The van der Waals surface area contributed by atoms with Gasteiger partial charge >= 0.3 is 7.82 Å². The van der Waals surface area contributed by atoms with E-state index >= 15 is 0 Å². The third-order valence-electron chi connectivity index (χ3n) is 0. The Bertz CT molecular complexity index is 57.8. The molecule has 0 aromatic heterocycles. The summed E-state index contributed by atoms with van der Waals surface area (Å²) in [6, 6.07) is 0. The summed E-state index contributed by atoms with van der Waals surface area (Å²) in [5.41, 5.74) is 0. The molecule has 0 aromatic carbocycles. The van der Waals surface area contributed by atoms with Gasteiger partial charge in [-0.05, 0) is 0 Å². The molecule has 0 unspecified atom stereocenters. The predicted octanol–water partition coefficient (Wildman–Crippen LogP) is -0.293. The minimum absolute atomic E-state index is 0. The second kappa shape index (κ2) is 5.59. The van der Waals surface area contributed by atoms with Crippen LogP contribution in [0.4, 0.5) is 0 Å². The molecular formula is CH7NdO4P. The fraction of sp³-hybridized carbons (Fsp3) is 1.00. The molecule has 6 heteroatoms. The van der Waals surface area contributed by atoms with Crippen LogP contribution in [0, 0.1) is 40.8 Å². The molecule has 3 N–H and O–H groups in total. The van der Waals surface area contributed by atoms with Crippen molar-refractivity contribution in [2.45, 2.75) is 7.43 Å². The predicted molar refractivity (Wildman–Crippen MR) is 21.0 cm³/mol. The van der Waals surface area contributed by atoms with Crippen molar-refractivity contribution in [2.24, 2.45) is 0 Å². The van der Waals surface area contributed by atoms with Crippen molar-refractivity contribution in [3.8, 4) is 0 Å². The summed E-state index contributed by atoms with van der Waals surface area (Å²) in [7, 11) is -4.64. The Balaban J connectivity index is -0.0000000800. The molecule has 0 saturated heterocycles. The molecule has 7 heavy (non-hydrogen) atoms. The minimum atomic E-state index is -4.64. The number of hydrogen-bond donors (Lipinski definition) is 3. The maximum atomic E-state index is 8.88. The average molecular weight is 258 g/mol. The summed E-state index contributed by atoms with van der Waals surface area (Å²) in [6.45, 7) is 0. The molecule has 0 spiro atoms. The van der Waals surface area contributed by atoms with Crippen LogP contribution in [-0.2, 0) is 4.57 Å². The van der Waals surface area contributed by atoms with E-state index in [4.69, 9.17) is 19.2 Å². The first-order valence-corrected chi connectivity index (χ1v) is 2.35. The van der Waals surface area contributed by atoms with Crippen molar-refractivity contribution < 1.29 is 60.1 Å². The second-order valence-corrected chi connectivity index (χ2v) is 1.54. The van der Waals surface area contributed by atoms with Gasteiger partial charge in [-0.3, -0.25) is 0 Å². The van der Waals surface area contributed by atoms with Gasteiger partial charge in [0.25, 0.3) is 0 Å². The van der Waals surface area contributed by atoms with Gasteiger partial charge in [-0.25, -0.2) is 4.57 Å². The van der Waals surface area contributed by atoms with E-state index in [1.54, 1.807) is 0 Å². The molecule has 0 atom stereocenters. The topological polar surface area (TPSA) is 77.8 Å². The minimum Gasteiger partial charge on any atom is -0.303 e. The van der Waals surface area contributed by atoms with Gasteiger partial charge in [-0.1, -0.05) is 7.43 Å². The summed E-state index contributed by atoms with van der Waals surface area (Å²) >= 11 is 0. The molecule has 0 heterocycles. The molecule has 0 saturated carbocycles. The molecule has 0 radical (unpaired) electrons. The summed E-state index contributed by atoms with van der Waals surface area (Å²) < 4.78 is 8.88. The van der Waals surface area contributed by atoms with Crippen LogP contribution in [0.1, 0.15) is 7.43 Å². The van der Waals surface area contributed by atoms with Gasteiger partial charge in [0.2, 0.25) is 0 Å². The van der Waals surface area contributed by atoms with E-state index in [-0.39, 0.29) is 48.3 Å². The van der Waals surface area contributed by atoms with Crippen LogP contribution >= 0.6 is 7.82 Å².